The average molecular weight is 306 g/mol. The molecule has 2 heterocycles. The lowest BCUT2D eigenvalue weighted by Crippen LogP contribution is -2.26. The number of rotatable bonds is 2. The summed E-state index contributed by atoms with van der Waals surface area (Å²) in [5, 5.41) is 5.32. The van der Waals surface area contributed by atoms with Crippen LogP contribution in [0.2, 0.25) is 5.02 Å². The molecule has 0 aliphatic carbocycles. The maximum absolute atomic E-state index is 11.7. The van der Waals surface area contributed by atoms with Crippen LogP contribution in [0, 0.1) is 0 Å². The smallest absolute Gasteiger partial charge is 0.268 e. The van der Waals surface area contributed by atoms with Crippen molar-refractivity contribution in [3.63, 3.8) is 0 Å². The van der Waals surface area contributed by atoms with E-state index in [2.05, 4.69) is 10.1 Å². The summed E-state index contributed by atoms with van der Waals surface area (Å²) in [6.45, 7) is 0. The van der Waals surface area contributed by atoms with Gasteiger partial charge >= 0.3 is 0 Å². The second-order valence-electron chi connectivity index (χ2n) is 4.01. The minimum Gasteiger partial charge on any atom is -0.268 e. The number of nitrogens with zero attached hydrogens (tertiary/aromatic N) is 2. The molecule has 20 heavy (non-hydrogen) atoms. The van der Waals surface area contributed by atoms with Gasteiger partial charge in [-0.25, -0.2) is 4.98 Å². The van der Waals surface area contributed by atoms with Gasteiger partial charge in [-0.1, -0.05) is 23.7 Å². The summed E-state index contributed by atoms with van der Waals surface area (Å²) in [7, 11) is 0. The van der Waals surface area contributed by atoms with Crippen LogP contribution in [0.25, 0.3) is 16.4 Å². The van der Waals surface area contributed by atoms with Crippen LogP contribution in [-0.2, 0) is 0 Å². The van der Waals surface area contributed by atoms with Gasteiger partial charge in [0.1, 0.15) is 0 Å². The molecule has 7 heteroatoms. The van der Waals surface area contributed by atoms with Gasteiger partial charge in [0.15, 0.2) is 0 Å². The van der Waals surface area contributed by atoms with Gasteiger partial charge < -0.3 is 0 Å². The van der Waals surface area contributed by atoms with Crippen LogP contribution < -0.4 is 11.1 Å². The van der Waals surface area contributed by atoms with Gasteiger partial charge in [-0.2, -0.15) is 4.68 Å². The van der Waals surface area contributed by atoms with E-state index in [-0.39, 0.29) is 11.1 Å². The summed E-state index contributed by atoms with van der Waals surface area (Å²) in [5.74, 6) is 0. The van der Waals surface area contributed by atoms with Crippen LogP contribution in [0.5, 0.6) is 0 Å². The van der Waals surface area contributed by atoms with E-state index >= 15 is 0 Å². The first-order chi connectivity index (χ1) is 9.63. The molecule has 1 N–H and O–H groups in total. The summed E-state index contributed by atoms with van der Waals surface area (Å²) in [4.78, 5) is 27.3. The maximum Gasteiger partial charge on any atom is 0.272 e. The Bertz CT molecular complexity index is 864. The largest absolute Gasteiger partial charge is 0.272 e. The zero-order chi connectivity index (χ0) is 14.1. The molecular formula is C13H8ClN3O2S. The number of H-pyrrole nitrogens is 1. The second kappa shape index (κ2) is 5.07. The Morgan fingerprint density at radius 3 is 2.60 bits per heavy atom. The van der Waals surface area contributed by atoms with Gasteiger partial charge in [0.2, 0.25) is 5.13 Å². The number of benzene rings is 1. The van der Waals surface area contributed by atoms with Gasteiger partial charge in [0.25, 0.3) is 11.1 Å². The Labute approximate surface area is 122 Å². The molecule has 0 radical (unpaired) electrons. The number of halogens is 1. The molecule has 0 saturated carbocycles. The molecule has 5 nitrogen and oxygen atoms in total. The molecule has 0 aliphatic rings. The number of hydrogen-bond donors (Lipinski definition) is 1. The van der Waals surface area contributed by atoms with E-state index in [4.69, 9.17) is 11.6 Å². The normalized spacial score (nSPS) is 10.7. The summed E-state index contributed by atoms with van der Waals surface area (Å²) in [6, 6.07) is 9.63. The summed E-state index contributed by atoms with van der Waals surface area (Å²) < 4.78 is 1.13. The highest BCUT2D eigenvalue weighted by Gasteiger charge is 2.08. The predicted octanol–water partition coefficient (Wildman–Crippen LogP) is 2.30. The number of hydrogen-bond acceptors (Lipinski definition) is 4. The lowest BCUT2D eigenvalue weighted by Gasteiger charge is -1.99. The first-order valence-corrected chi connectivity index (χ1v) is 6.93. The Kier molecular flexibility index (Phi) is 3.25. The molecule has 0 atom stereocenters. The van der Waals surface area contributed by atoms with Crippen LogP contribution in [0.4, 0.5) is 0 Å². The van der Waals surface area contributed by atoms with Crippen molar-refractivity contribution in [2.24, 2.45) is 0 Å². The molecule has 0 aliphatic heterocycles. The third kappa shape index (κ3) is 2.43. The molecule has 2 aromatic heterocycles. The van der Waals surface area contributed by atoms with E-state index < -0.39 is 0 Å². The van der Waals surface area contributed by atoms with Crippen LogP contribution in [0.1, 0.15) is 0 Å². The number of nitrogens with one attached hydrogen (secondary N) is 1. The van der Waals surface area contributed by atoms with Crippen molar-refractivity contribution >= 4 is 22.9 Å². The Morgan fingerprint density at radius 1 is 1.10 bits per heavy atom. The van der Waals surface area contributed by atoms with E-state index in [9.17, 15) is 9.59 Å². The summed E-state index contributed by atoms with van der Waals surface area (Å²) in [5.41, 5.74) is 0.927. The average Bonchev–Trinajstić information content (AvgIpc) is 2.92. The fraction of sp³-hybridized carbons (Fsp3) is 0. The van der Waals surface area contributed by atoms with Crippen LogP contribution in [0.3, 0.4) is 0 Å². The molecule has 100 valence electrons. The lowest BCUT2D eigenvalue weighted by atomic mass is 10.2. The molecule has 0 saturated heterocycles. The quantitative estimate of drug-likeness (QED) is 0.790. The number of aromatic nitrogens is 3. The molecule has 0 unspecified atom stereocenters. The van der Waals surface area contributed by atoms with Crippen molar-refractivity contribution in [1.29, 1.82) is 0 Å². The SMILES string of the molecule is O=c1ccc(=O)n(-c2nc(-c3ccc(Cl)cc3)cs2)[nH]1. The minimum atomic E-state index is -0.354. The topological polar surface area (TPSA) is 67.8 Å². The molecular weight excluding hydrogens is 298 g/mol. The van der Waals surface area contributed by atoms with E-state index in [0.717, 1.165) is 15.9 Å². The van der Waals surface area contributed by atoms with E-state index in [1.807, 2.05) is 17.5 Å². The Balaban J connectivity index is 2.06. The zero-order valence-corrected chi connectivity index (χ0v) is 11.6. The highest BCUT2D eigenvalue weighted by Crippen LogP contribution is 2.24. The lowest BCUT2D eigenvalue weighted by molar-refractivity contribution is 0.780. The standard InChI is InChI=1S/C13H8ClN3O2S/c14-9-3-1-8(2-4-9)10-7-20-13(15-10)17-12(19)6-5-11(18)16-17/h1-7H,(H,16,18). The van der Waals surface area contributed by atoms with Crippen LogP contribution >= 0.6 is 22.9 Å². The van der Waals surface area contributed by atoms with E-state index in [1.165, 1.54) is 23.5 Å². The first-order valence-electron chi connectivity index (χ1n) is 5.68. The number of thiazole rings is 1. The van der Waals surface area contributed by atoms with Crippen molar-refractivity contribution in [1.82, 2.24) is 14.8 Å². The third-order valence-electron chi connectivity index (χ3n) is 2.64. The van der Waals surface area contributed by atoms with Gasteiger partial charge in [-0.15, -0.1) is 11.3 Å². The van der Waals surface area contributed by atoms with E-state index in [1.54, 1.807) is 12.1 Å². The molecule has 3 rings (SSSR count). The minimum absolute atomic E-state index is 0.332. The highest BCUT2D eigenvalue weighted by molar-refractivity contribution is 7.12. The van der Waals surface area contributed by atoms with Crippen molar-refractivity contribution in [3.05, 3.63) is 67.5 Å². The van der Waals surface area contributed by atoms with E-state index in [0.29, 0.717) is 10.2 Å². The highest BCUT2D eigenvalue weighted by atomic mass is 35.5. The fourth-order valence-corrected chi connectivity index (χ4v) is 2.61. The second-order valence-corrected chi connectivity index (χ2v) is 5.28. The molecule has 1 aromatic carbocycles. The monoisotopic (exact) mass is 305 g/mol. The molecule has 0 bridgehead atoms. The maximum atomic E-state index is 11.7. The van der Waals surface area contributed by atoms with Gasteiger partial charge in [0, 0.05) is 28.1 Å². The van der Waals surface area contributed by atoms with Crippen LogP contribution in [0.15, 0.2) is 51.4 Å². The van der Waals surface area contributed by atoms with Gasteiger partial charge in [0.05, 0.1) is 5.69 Å². The fourth-order valence-electron chi connectivity index (χ4n) is 1.69. The Hall–Kier alpha value is -2.18. The van der Waals surface area contributed by atoms with Crippen LogP contribution in [-0.4, -0.2) is 14.8 Å². The van der Waals surface area contributed by atoms with Crippen molar-refractivity contribution < 1.29 is 0 Å². The molecule has 0 fully saturated rings. The molecule has 3 aromatic rings. The van der Waals surface area contributed by atoms with Gasteiger partial charge in [-0.3, -0.25) is 14.7 Å². The molecule has 0 amide bonds. The Morgan fingerprint density at radius 2 is 1.85 bits per heavy atom. The number of aromatic amines is 1. The molecule has 0 spiro atoms. The summed E-state index contributed by atoms with van der Waals surface area (Å²) >= 11 is 7.11. The third-order valence-corrected chi connectivity index (χ3v) is 3.72. The summed E-state index contributed by atoms with van der Waals surface area (Å²) in [6.07, 6.45) is 0. The zero-order valence-electron chi connectivity index (χ0n) is 10.0. The van der Waals surface area contributed by atoms with Crippen molar-refractivity contribution in [2.75, 3.05) is 0 Å². The van der Waals surface area contributed by atoms with Crippen molar-refractivity contribution in [3.8, 4) is 16.4 Å². The predicted molar refractivity (Wildman–Crippen MR) is 78.8 cm³/mol. The first kappa shape index (κ1) is 12.8. The van der Waals surface area contributed by atoms with Crippen molar-refractivity contribution in [2.45, 2.75) is 0 Å². The van der Waals surface area contributed by atoms with Gasteiger partial charge in [-0.05, 0) is 12.1 Å².